The summed E-state index contributed by atoms with van der Waals surface area (Å²) in [5.74, 6) is -1.13. The molecule has 0 amide bonds. The van der Waals surface area contributed by atoms with Gasteiger partial charge in [0.15, 0.2) is 6.29 Å². The molecule has 9 unspecified atom stereocenters. The number of fused-ring (bicyclic) bond motifs is 3. The second-order valence-electron chi connectivity index (χ2n) is 9.93. The van der Waals surface area contributed by atoms with Gasteiger partial charge in [-0.3, -0.25) is 4.79 Å². The van der Waals surface area contributed by atoms with E-state index in [9.17, 15) is 25.2 Å². The molecule has 9 atom stereocenters. The average molecular weight is 531 g/mol. The van der Waals surface area contributed by atoms with E-state index in [4.69, 9.17) is 18.9 Å². The van der Waals surface area contributed by atoms with Crippen molar-refractivity contribution < 1.29 is 44.2 Å². The van der Waals surface area contributed by atoms with E-state index in [1.807, 2.05) is 18.2 Å². The topological polar surface area (TPSA) is 163 Å². The minimum absolute atomic E-state index is 0.0939. The first-order chi connectivity index (χ1) is 18.3. The largest absolute Gasteiger partial charge is 0.468 e. The molecular formula is C27H34N2O9. The van der Waals surface area contributed by atoms with Gasteiger partial charge in [0.1, 0.15) is 36.4 Å². The van der Waals surface area contributed by atoms with E-state index in [1.54, 1.807) is 6.08 Å². The molecular weight excluding hydrogens is 496 g/mol. The van der Waals surface area contributed by atoms with Gasteiger partial charge < -0.3 is 49.7 Å². The van der Waals surface area contributed by atoms with Crippen LogP contribution in [0.3, 0.4) is 0 Å². The van der Waals surface area contributed by atoms with Gasteiger partial charge in [0.2, 0.25) is 6.29 Å². The second-order valence-corrected chi connectivity index (χ2v) is 9.93. The monoisotopic (exact) mass is 530 g/mol. The molecule has 1 saturated heterocycles. The quantitative estimate of drug-likeness (QED) is 0.222. The summed E-state index contributed by atoms with van der Waals surface area (Å²) >= 11 is 0. The number of H-pyrrole nitrogens is 1. The fourth-order valence-electron chi connectivity index (χ4n) is 5.66. The summed E-state index contributed by atoms with van der Waals surface area (Å²) in [6.07, 6.45) is -3.90. The van der Waals surface area contributed by atoms with Gasteiger partial charge in [-0.05, 0) is 31.0 Å². The van der Waals surface area contributed by atoms with Crippen molar-refractivity contribution in [2.45, 2.75) is 62.8 Å². The van der Waals surface area contributed by atoms with E-state index in [2.05, 4.69) is 22.9 Å². The summed E-state index contributed by atoms with van der Waals surface area (Å²) in [6.45, 7) is 5.46. The fourth-order valence-corrected chi connectivity index (χ4v) is 5.66. The van der Waals surface area contributed by atoms with E-state index in [0.29, 0.717) is 12.2 Å². The van der Waals surface area contributed by atoms with Crippen LogP contribution in [0, 0.1) is 11.8 Å². The maximum absolute atomic E-state index is 11.9. The summed E-state index contributed by atoms with van der Waals surface area (Å²) in [4.78, 5) is 15.5. The third-order valence-electron chi connectivity index (χ3n) is 7.56. The van der Waals surface area contributed by atoms with Crippen LogP contribution in [0.5, 0.6) is 0 Å². The molecule has 0 spiro atoms. The van der Waals surface area contributed by atoms with Crippen molar-refractivity contribution >= 4 is 16.9 Å². The van der Waals surface area contributed by atoms with Gasteiger partial charge in [0.05, 0.1) is 6.61 Å². The van der Waals surface area contributed by atoms with Crippen molar-refractivity contribution in [1.29, 1.82) is 0 Å². The Morgan fingerprint density at radius 3 is 2.71 bits per heavy atom. The zero-order valence-electron chi connectivity index (χ0n) is 21.0. The lowest BCUT2D eigenvalue weighted by Gasteiger charge is -2.43. The number of allylic oxidation sites excluding steroid dienone is 1. The number of ether oxygens (including phenoxy) is 4. The first-order valence-corrected chi connectivity index (χ1v) is 12.8. The summed E-state index contributed by atoms with van der Waals surface area (Å²) in [5.41, 5.74) is 3.37. The van der Waals surface area contributed by atoms with Gasteiger partial charge in [-0.25, -0.2) is 0 Å². The Labute approximate surface area is 219 Å². The predicted molar refractivity (Wildman–Crippen MR) is 134 cm³/mol. The number of nitrogens with one attached hydrogen (secondary N) is 2. The lowest BCUT2D eigenvalue weighted by atomic mass is 9.81. The number of hydrogen-bond donors (Lipinski definition) is 6. The van der Waals surface area contributed by atoms with Gasteiger partial charge in [0.25, 0.3) is 0 Å². The van der Waals surface area contributed by atoms with Crippen molar-refractivity contribution in [1.82, 2.24) is 10.3 Å². The Balaban J connectivity index is 1.41. The highest BCUT2D eigenvalue weighted by Crippen LogP contribution is 2.42. The normalized spacial score (nSPS) is 35.2. The number of benzene rings is 1. The van der Waals surface area contributed by atoms with Crippen molar-refractivity contribution in [2.75, 3.05) is 13.2 Å². The van der Waals surface area contributed by atoms with Gasteiger partial charge in [-0.2, -0.15) is 0 Å². The van der Waals surface area contributed by atoms with Crippen LogP contribution in [0.25, 0.3) is 10.9 Å². The van der Waals surface area contributed by atoms with Gasteiger partial charge in [0, 0.05) is 41.4 Å². The summed E-state index contributed by atoms with van der Waals surface area (Å²) in [7, 11) is 0. The molecule has 1 aromatic heterocycles. The molecule has 1 aromatic carbocycles. The van der Waals surface area contributed by atoms with E-state index in [1.165, 1.54) is 24.1 Å². The number of hydrogen-bond acceptors (Lipinski definition) is 10. The third-order valence-corrected chi connectivity index (χ3v) is 7.56. The molecule has 11 heteroatoms. The molecule has 0 aliphatic carbocycles. The smallest absolute Gasteiger partial charge is 0.307 e. The molecule has 0 saturated carbocycles. The number of aliphatic hydroxyl groups excluding tert-OH is 4. The Bertz CT molecular complexity index is 1190. The maximum Gasteiger partial charge on any atom is 0.307 e. The first kappa shape index (κ1) is 26.8. The van der Waals surface area contributed by atoms with Crippen LogP contribution in [-0.4, -0.2) is 81.5 Å². The number of para-hydroxylation sites is 1. The Hall–Kier alpha value is -2.77. The predicted octanol–water partition coefficient (Wildman–Crippen LogP) is 0.741. The molecule has 4 heterocycles. The van der Waals surface area contributed by atoms with Gasteiger partial charge in [-0.15, -0.1) is 6.58 Å². The van der Waals surface area contributed by atoms with E-state index in [-0.39, 0.29) is 6.04 Å². The third kappa shape index (κ3) is 4.98. The number of esters is 1. The van der Waals surface area contributed by atoms with Crippen molar-refractivity contribution in [3.63, 3.8) is 0 Å². The fraction of sp³-hybridized carbons (Fsp3) is 0.519. The van der Waals surface area contributed by atoms with Crippen molar-refractivity contribution in [3.05, 3.63) is 60.2 Å². The van der Waals surface area contributed by atoms with Crippen LogP contribution < -0.4 is 5.32 Å². The molecule has 3 aliphatic heterocycles. The Kier molecular flexibility index (Phi) is 7.87. The number of aromatic amines is 1. The van der Waals surface area contributed by atoms with Crippen LogP contribution in [0.1, 0.15) is 30.6 Å². The lowest BCUT2D eigenvalue weighted by molar-refractivity contribution is -0.340. The molecule has 3 aliphatic rings. The van der Waals surface area contributed by atoms with Gasteiger partial charge >= 0.3 is 5.97 Å². The van der Waals surface area contributed by atoms with Crippen LogP contribution >= 0.6 is 0 Å². The number of rotatable bonds is 7. The average Bonchev–Trinajstić information content (AvgIpc) is 3.30. The summed E-state index contributed by atoms with van der Waals surface area (Å²) in [6, 6.07) is 8.05. The van der Waals surface area contributed by atoms with Gasteiger partial charge in [-0.1, -0.05) is 24.3 Å². The SMILES string of the molecule is C=CC1C(OC2OC(CO)C(O)C(O)C2O)OC=C(OC(C)=O)C1CC1NCCc2c1[nH]c1ccccc21. The highest BCUT2D eigenvalue weighted by atomic mass is 16.8. The molecule has 1 fully saturated rings. The van der Waals surface area contributed by atoms with Crippen LogP contribution in [-0.2, 0) is 30.2 Å². The zero-order chi connectivity index (χ0) is 27.0. The molecule has 5 rings (SSSR count). The summed E-state index contributed by atoms with van der Waals surface area (Å²) < 4.78 is 22.7. The van der Waals surface area contributed by atoms with Crippen molar-refractivity contribution in [3.8, 4) is 0 Å². The molecule has 2 aromatic rings. The number of aromatic nitrogens is 1. The highest BCUT2D eigenvalue weighted by molar-refractivity contribution is 5.85. The lowest BCUT2D eigenvalue weighted by Crippen LogP contribution is -2.60. The first-order valence-electron chi connectivity index (χ1n) is 12.8. The van der Waals surface area contributed by atoms with E-state index in [0.717, 1.165) is 24.2 Å². The van der Waals surface area contributed by atoms with E-state index >= 15 is 0 Å². The molecule has 206 valence electrons. The second kappa shape index (κ2) is 11.1. The zero-order valence-corrected chi connectivity index (χ0v) is 21.0. The standard InChI is InChI=1S/C27H34N2O9/c1-3-14-17(10-19-22-16(8-9-28-19)15-6-4-5-7-18(15)29-22)21(36-13(2)31)12-35-26(14)38-27-25(34)24(33)23(32)20(11-30)37-27/h3-7,12,14,17,19-20,23-30,32-34H,1,8-11H2,2H3. The van der Waals surface area contributed by atoms with E-state index < -0.39 is 61.4 Å². The molecule has 38 heavy (non-hydrogen) atoms. The number of carbonyl (C=O) groups is 1. The van der Waals surface area contributed by atoms with Crippen LogP contribution in [0.2, 0.25) is 0 Å². The number of aliphatic hydroxyl groups is 4. The minimum Gasteiger partial charge on any atom is -0.468 e. The highest BCUT2D eigenvalue weighted by Gasteiger charge is 2.47. The minimum atomic E-state index is -1.59. The van der Waals surface area contributed by atoms with Crippen LogP contribution in [0.15, 0.2) is 48.9 Å². The Morgan fingerprint density at radius 1 is 1.18 bits per heavy atom. The summed E-state index contributed by atoms with van der Waals surface area (Å²) in [5, 5.41) is 45.0. The number of carbonyl (C=O) groups excluding carboxylic acids is 1. The van der Waals surface area contributed by atoms with Crippen LogP contribution in [0.4, 0.5) is 0 Å². The molecule has 0 radical (unpaired) electrons. The molecule has 6 N–H and O–H groups in total. The molecule has 0 bridgehead atoms. The van der Waals surface area contributed by atoms with Crippen molar-refractivity contribution in [2.24, 2.45) is 11.8 Å². The Morgan fingerprint density at radius 2 is 1.97 bits per heavy atom. The molecule has 11 nitrogen and oxygen atoms in total. The maximum atomic E-state index is 11.9.